The number of hydrogen-bond donors (Lipinski definition) is 1. The van der Waals surface area contributed by atoms with Crippen molar-refractivity contribution in [3.05, 3.63) is 28.8 Å². The summed E-state index contributed by atoms with van der Waals surface area (Å²) in [6, 6.07) is 5.17. The molecule has 0 radical (unpaired) electrons. The van der Waals surface area contributed by atoms with Crippen molar-refractivity contribution in [1.82, 2.24) is 0 Å². The lowest BCUT2D eigenvalue weighted by atomic mass is 10.1. The Balaban J connectivity index is 2.23. The van der Waals surface area contributed by atoms with E-state index < -0.39 is 11.8 Å². The normalized spacial score (nSPS) is 23.4. The fraction of sp³-hybridized carbons (Fsp3) is 0.364. The van der Waals surface area contributed by atoms with E-state index in [1.807, 2.05) is 0 Å². The van der Waals surface area contributed by atoms with E-state index in [1.165, 1.54) is 0 Å². The van der Waals surface area contributed by atoms with Crippen molar-refractivity contribution in [3.8, 4) is 5.75 Å². The van der Waals surface area contributed by atoms with Crippen LogP contribution >= 0.6 is 11.6 Å². The van der Waals surface area contributed by atoms with Crippen molar-refractivity contribution < 1.29 is 19.4 Å². The average Bonchev–Trinajstić information content (AvgIpc) is 2.17. The van der Waals surface area contributed by atoms with Gasteiger partial charge >= 0.3 is 5.97 Å². The number of hydrogen-bond acceptors (Lipinski definition) is 3. The molecule has 1 atom stereocenters. The van der Waals surface area contributed by atoms with Crippen LogP contribution in [0.25, 0.3) is 0 Å². The smallest absolute Gasteiger partial charge is 0.310 e. The van der Waals surface area contributed by atoms with Crippen molar-refractivity contribution >= 4 is 17.6 Å². The van der Waals surface area contributed by atoms with Crippen LogP contribution in [0.3, 0.4) is 0 Å². The van der Waals surface area contributed by atoms with Crippen LogP contribution in [0.15, 0.2) is 18.2 Å². The van der Waals surface area contributed by atoms with E-state index in [1.54, 1.807) is 25.1 Å². The van der Waals surface area contributed by atoms with Crippen LogP contribution < -0.4 is 4.74 Å². The van der Waals surface area contributed by atoms with Crippen LogP contribution in [-0.4, -0.2) is 16.9 Å². The molecule has 0 amide bonds. The van der Waals surface area contributed by atoms with Gasteiger partial charge in [-0.1, -0.05) is 11.6 Å². The Labute approximate surface area is 97.7 Å². The number of ether oxygens (including phenoxy) is 2. The van der Waals surface area contributed by atoms with E-state index in [4.69, 9.17) is 26.2 Å². The Morgan fingerprint density at radius 1 is 1.62 bits per heavy atom. The summed E-state index contributed by atoms with van der Waals surface area (Å²) in [5.41, 5.74) is 0.829. The molecule has 1 aliphatic heterocycles. The van der Waals surface area contributed by atoms with E-state index in [0.29, 0.717) is 17.4 Å². The number of benzene rings is 1. The van der Waals surface area contributed by atoms with Gasteiger partial charge in [0.05, 0.1) is 6.61 Å². The van der Waals surface area contributed by atoms with Crippen LogP contribution in [0.5, 0.6) is 5.75 Å². The van der Waals surface area contributed by atoms with Crippen molar-refractivity contribution in [1.29, 1.82) is 0 Å². The molecule has 1 aromatic carbocycles. The van der Waals surface area contributed by atoms with Crippen LogP contribution in [0.4, 0.5) is 0 Å². The van der Waals surface area contributed by atoms with E-state index in [2.05, 4.69) is 0 Å². The third-order valence-electron chi connectivity index (χ3n) is 2.35. The van der Waals surface area contributed by atoms with Gasteiger partial charge in [0.15, 0.2) is 0 Å². The number of fused-ring (bicyclic) bond motifs is 1. The van der Waals surface area contributed by atoms with Gasteiger partial charge < -0.3 is 14.6 Å². The second-order valence-corrected chi connectivity index (χ2v) is 4.28. The standard InChI is InChI=1S/C11H11ClO4/c1-11(5-10(13)14)15-6-7-4-8(12)2-3-9(7)16-11/h2-4H,5-6H2,1H3,(H,13,14). The highest BCUT2D eigenvalue weighted by molar-refractivity contribution is 6.30. The first-order valence-electron chi connectivity index (χ1n) is 4.82. The summed E-state index contributed by atoms with van der Waals surface area (Å²) >= 11 is 5.83. The van der Waals surface area contributed by atoms with Gasteiger partial charge in [0.1, 0.15) is 12.2 Å². The quantitative estimate of drug-likeness (QED) is 0.866. The minimum Gasteiger partial charge on any atom is -0.481 e. The Morgan fingerprint density at radius 2 is 2.38 bits per heavy atom. The average molecular weight is 243 g/mol. The molecule has 1 N–H and O–H groups in total. The maximum Gasteiger partial charge on any atom is 0.310 e. The molecule has 5 heteroatoms. The Kier molecular flexibility index (Phi) is 2.78. The molecule has 0 aromatic heterocycles. The zero-order valence-electron chi connectivity index (χ0n) is 8.70. The van der Waals surface area contributed by atoms with Gasteiger partial charge in [-0.05, 0) is 18.2 Å². The largest absolute Gasteiger partial charge is 0.481 e. The number of carboxylic acids is 1. The van der Waals surface area contributed by atoms with Crippen LogP contribution in [0.2, 0.25) is 5.02 Å². The molecule has 1 unspecified atom stereocenters. The summed E-state index contributed by atoms with van der Waals surface area (Å²) in [6.45, 7) is 1.92. The maximum atomic E-state index is 10.7. The fourth-order valence-electron chi connectivity index (χ4n) is 1.61. The Bertz CT molecular complexity index is 432. The van der Waals surface area contributed by atoms with E-state index in [9.17, 15) is 4.79 Å². The number of rotatable bonds is 2. The molecule has 86 valence electrons. The molecule has 2 rings (SSSR count). The summed E-state index contributed by atoms with van der Waals surface area (Å²) < 4.78 is 10.9. The highest BCUT2D eigenvalue weighted by Gasteiger charge is 2.35. The third kappa shape index (κ3) is 2.28. The van der Waals surface area contributed by atoms with E-state index >= 15 is 0 Å². The SMILES string of the molecule is CC1(CC(=O)O)OCc2cc(Cl)ccc2O1. The zero-order valence-corrected chi connectivity index (χ0v) is 9.45. The van der Waals surface area contributed by atoms with E-state index in [-0.39, 0.29) is 6.42 Å². The number of carboxylic acid groups (broad SMARTS) is 1. The van der Waals surface area contributed by atoms with Gasteiger partial charge in [-0.25, -0.2) is 0 Å². The summed E-state index contributed by atoms with van der Waals surface area (Å²) in [5, 5.41) is 9.35. The van der Waals surface area contributed by atoms with Gasteiger partial charge in [0.2, 0.25) is 5.79 Å². The summed E-state index contributed by atoms with van der Waals surface area (Å²) in [4.78, 5) is 10.7. The molecule has 0 bridgehead atoms. The number of carbonyl (C=O) groups is 1. The Morgan fingerprint density at radius 3 is 3.06 bits per heavy atom. The lowest BCUT2D eigenvalue weighted by Gasteiger charge is -2.34. The number of aliphatic carboxylic acids is 1. The first-order chi connectivity index (χ1) is 7.48. The summed E-state index contributed by atoms with van der Waals surface area (Å²) in [6.07, 6.45) is -0.199. The molecule has 0 aliphatic carbocycles. The minimum absolute atomic E-state index is 0.199. The molecule has 0 fully saturated rings. The van der Waals surface area contributed by atoms with Crippen molar-refractivity contribution in [3.63, 3.8) is 0 Å². The van der Waals surface area contributed by atoms with Gasteiger partial charge in [-0.2, -0.15) is 0 Å². The van der Waals surface area contributed by atoms with Gasteiger partial charge in [-0.3, -0.25) is 4.79 Å². The highest BCUT2D eigenvalue weighted by Crippen LogP contribution is 2.34. The van der Waals surface area contributed by atoms with Gasteiger partial charge in [-0.15, -0.1) is 0 Å². The van der Waals surface area contributed by atoms with Crippen molar-refractivity contribution in [2.75, 3.05) is 0 Å². The maximum absolute atomic E-state index is 10.7. The Hall–Kier alpha value is -1.26. The summed E-state index contributed by atoms with van der Waals surface area (Å²) in [7, 11) is 0. The molecule has 1 aliphatic rings. The zero-order chi connectivity index (χ0) is 11.8. The van der Waals surface area contributed by atoms with Crippen LogP contribution in [0, 0.1) is 0 Å². The van der Waals surface area contributed by atoms with Crippen LogP contribution in [0.1, 0.15) is 18.9 Å². The van der Waals surface area contributed by atoms with Crippen molar-refractivity contribution in [2.45, 2.75) is 25.7 Å². The molecule has 1 heterocycles. The first kappa shape index (κ1) is 11.2. The van der Waals surface area contributed by atoms with Gasteiger partial charge in [0, 0.05) is 17.5 Å². The lowest BCUT2D eigenvalue weighted by Crippen LogP contribution is -2.40. The predicted molar refractivity (Wildman–Crippen MR) is 57.5 cm³/mol. The summed E-state index contributed by atoms with van der Waals surface area (Å²) in [5.74, 6) is -1.44. The second-order valence-electron chi connectivity index (χ2n) is 3.85. The molecule has 4 nitrogen and oxygen atoms in total. The van der Waals surface area contributed by atoms with E-state index in [0.717, 1.165) is 5.56 Å². The molecular weight excluding hydrogens is 232 g/mol. The van der Waals surface area contributed by atoms with Crippen molar-refractivity contribution in [2.24, 2.45) is 0 Å². The second kappa shape index (κ2) is 3.96. The molecule has 16 heavy (non-hydrogen) atoms. The van der Waals surface area contributed by atoms with Crippen LogP contribution in [-0.2, 0) is 16.1 Å². The first-order valence-corrected chi connectivity index (χ1v) is 5.19. The molecular formula is C11H11ClO4. The molecule has 0 spiro atoms. The number of halogens is 1. The molecule has 0 saturated heterocycles. The minimum atomic E-state index is -1.10. The predicted octanol–water partition coefficient (Wildman–Crippen LogP) is 2.44. The monoisotopic (exact) mass is 242 g/mol. The molecule has 0 saturated carbocycles. The lowest BCUT2D eigenvalue weighted by molar-refractivity contribution is -0.203. The highest BCUT2D eigenvalue weighted by atomic mass is 35.5. The molecule has 1 aromatic rings. The van der Waals surface area contributed by atoms with Gasteiger partial charge in [0.25, 0.3) is 0 Å². The fourth-order valence-corrected chi connectivity index (χ4v) is 1.81. The topological polar surface area (TPSA) is 55.8 Å². The third-order valence-corrected chi connectivity index (χ3v) is 2.59.